The van der Waals surface area contributed by atoms with Gasteiger partial charge in [-0.2, -0.15) is 4.52 Å². The van der Waals surface area contributed by atoms with Gasteiger partial charge >= 0.3 is 0 Å². The van der Waals surface area contributed by atoms with Gasteiger partial charge < -0.3 is 14.4 Å². The van der Waals surface area contributed by atoms with E-state index in [1.807, 2.05) is 42.5 Å². The van der Waals surface area contributed by atoms with Gasteiger partial charge in [0.15, 0.2) is 12.3 Å². The summed E-state index contributed by atoms with van der Waals surface area (Å²) < 4.78 is 13.3. The number of fused-ring (bicyclic) bond motifs is 3. The molecule has 4 aromatic rings. The second-order valence-electron chi connectivity index (χ2n) is 8.16. The van der Waals surface area contributed by atoms with Crippen molar-refractivity contribution in [3.63, 3.8) is 0 Å². The standard InChI is InChI=1S/C24H25N5O3/c1-17-9-10-22-18(12-17)13-19(24-25-26-27-29(22)24)14-28(15-21-8-5-11-31-21)23(30)16-32-20-6-3-2-4-7-20/h2-4,6-7,9-10,12-13,21H,5,8,11,14-16H2,1H3. The average molecular weight is 431 g/mol. The highest BCUT2D eigenvalue weighted by Crippen LogP contribution is 2.23. The van der Waals surface area contributed by atoms with E-state index in [9.17, 15) is 4.79 Å². The molecule has 1 amide bonds. The maximum atomic E-state index is 13.2. The maximum absolute atomic E-state index is 13.2. The van der Waals surface area contributed by atoms with E-state index in [1.165, 1.54) is 0 Å². The zero-order valence-electron chi connectivity index (χ0n) is 18.0. The van der Waals surface area contributed by atoms with Crippen molar-refractivity contribution >= 4 is 22.5 Å². The molecule has 1 unspecified atom stereocenters. The molecule has 0 radical (unpaired) electrons. The Kier molecular flexibility index (Phi) is 5.68. The largest absolute Gasteiger partial charge is 0.484 e. The zero-order chi connectivity index (χ0) is 21.9. The van der Waals surface area contributed by atoms with Crippen molar-refractivity contribution in [3.8, 4) is 5.75 Å². The molecule has 1 aliphatic heterocycles. The highest BCUT2D eigenvalue weighted by atomic mass is 16.5. The first-order valence-electron chi connectivity index (χ1n) is 10.8. The molecule has 1 aliphatic rings. The van der Waals surface area contributed by atoms with Crippen molar-refractivity contribution in [1.82, 2.24) is 24.9 Å². The minimum absolute atomic E-state index is 0.0328. The predicted octanol–water partition coefficient (Wildman–Crippen LogP) is 3.17. The molecule has 32 heavy (non-hydrogen) atoms. The first kappa shape index (κ1) is 20.4. The van der Waals surface area contributed by atoms with Crippen LogP contribution < -0.4 is 4.74 Å². The van der Waals surface area contributed by atoms with E-state index in [1.54, 1.807) is 9.42 Å². The van der Waals surface area contributed by atoms with Gasteiger partial charge in [-0.1, -0.05) is 29.8 Å². The maximum Gasteiger partial charge on any atom is 0.260 e. The summed E-state index contributed by atoms with van der Waals surface area (Å²) in [5, 5.41) is 13.3. The van der Waals surface area contributed by atoms with Crippen molar-refractivity contribution in [2.45, 2.75) is 32.4 Å². The number of ether oxygens (including phenoxy) is 2. The number of carbonyl (C=O) groups is 1. The van der Waals surface area contributed by atoms with Gasteiger partial charge in [0.25, 0.3) is 5.91 Å². The summed E-state index contributed by atoms with van der Waals surface area (Å²) in [6.07, 6.45) is 1.99. The van der Waals surface area contributed by atoms with Crippen molar-refractivity contribution in [2.24, 2.45) is 0 Å². The molecule has 0 saturated carbocycles. The van der Waals surface area contributed by atoms with Crippen molar-refractivity contribution in [2.75, 3.05) is 19.8 Å². The Balaban J connectivity index is 1.43. The Morgan fingerprint density at radius 2 is 2.09 bits per heavy atom. The summed E-state index contributed by atoms with van der Waals surface area (Å²) in [6, 6.07) is 17.6. The van der Waals surface area contributed by atoms with Crippen molar-refractivity contribution in [1.29, 1.82) is 0 Å². The normalized spacial score (nSPS) is 16.0. The molecule has 5 rings (SSSR count). The van der Waals surface area contributed by atoms with Gasteiger partial charge in [0.2, 0.25) is 0 Å². The minimum atomic E-state index is -0.0979. The number of para-hydroxylation sites is 1. The first-order valence-corrected chi connectivity index (χ1v) is 10.8. The lowest BCUT2D eigenvalue weighted by Crippen LogP contribution is -2.39. The second kappa shape index (κ2) is 8.92. The molecule has 3 heterocycles. The number of aryl methyl sites for hydroxylation is 1. The number of amides is 1. The average Bonchev–Trinajstić information content (AvgIpc) is 3.50. The number of benzene rings is 2. The monoisotopic (exact) mass is 431 g/mol. The van der Waals surface area contributed by atoms with Crippen LogP contribution in [0.4, 0.5) is 0 Å². The SMILES string of the molecule is Cc1ccc2c(c1)cc(CN(CC1CCCO1)C(=O)COc1ccccc1)c1nnnn12. The summed E-state index contributed by atoms with van der Waals surface area (Å²) in [4.78, 5) is 15.0. The van der Waals surface area contributed by atoms with Gasteiger partial charge in [-0.25, -0.2) is 0 Å². The molecule has 0 bridgehead atoms. The molecule has 2 aromatic carbocycles. The lowest BCUT2D eigenvalue weighted by molar-refractivity contribution is -0.135. The Bertz CT molecular complexity index is 1230. The van der Waals surface area contributed by atoms with E-state index in [0.717, 1.165) is 41.5 Å². The smallest absolute Gasteiger partial charge is 0.260 e. The number of nitrogens with zero attached hydrogens (tertiary/aromatic N) is 5. The van der Waals surface area contributed by atoms with Crippen LogP contribution in [0.2, 0.25) is 0 Å². The quantitative estimate of drug-likeness (QED) is 0.447. The first-order chi connectivity index (χ1) is 15.7. The topological polar surface area (TPSA) is 81.8 Å². The van der Waals surface area contributed by atoms with E-state index in [4.69, 9.17) is 9.47 Å². The molecule has 0 N–H and O–H groups in total. The Morgan fingerprint density at radius 3 is 2.91 bits per heavy atom. The van der Waals surface area contributed by atoms with Crippen molar-refractivity contribution < 1.29 is 14.3 Å². The van der Waals surface area contributed by atoms with Crippen LogP contribution in [0.3, 0.4) is 0 Å². The van der Waals surface area contributed by atoms with Crippen molar-refractivity contribution in [3.05, 3.63) is 65.7 Å². The molecule has 1 fully saturated rings. The number of aromatic nitrogens is 4. The van der Waals surface area contributed by atoms with E-state index in [0.29, 0.717) is 24.5 Å². The molecular formula is C24H25N5O3. The number of hydrogen-bond acceptors (Lipinski definition) is 6. The zero-order valence-corrected chi connectivity index (χ0v) is 18.0. The fraction of sp³-hybridized carbons (Fsp3) is 0.333. The van der Waals surface area contributed by atoms with Crippen LogP contribution in [-0.4, -0.2) is 56.7 Å². The van der Waals surface area contributed by atoms with Gasteiger partial charge in [0.1, 0.15) is 5.75 Å². The fourth-order valence-corrected chi connectivity index (χ4v) is 4.15. The summed E-state index contributed by atoms with van der Waals surface area (Å²) in [6.45, 7) is 3.64. The lowest BCUT2D eigenvalue weighted by atomic mass is 10.1. The van der Waals surface area contributed by atoms with Gasteiger partial charge in [0, 0.05) is 30.6 Å². The summed E-state index contributed by atoms with van der Waals surface area (Å²) in [5.74, 6) is 0.572. The van der Waals surface area contributed by atoms with Gasteiger partial charge in [-0.05, 0) is 60.5 Å². The number of hydrogen-bond donors (Lipinski definition) is 0. The molecule has 2 aromatic heterocycles. The summed E-state index contributed by atoms with van der Waals surface area (Å²) in [7, 11) is 0. The van der Waals surface area contributed by atoms with Gasteiger partial charge in [-0.3, -0.25) is 4.79 Å². The predicted molar refractivity (Wildman–Crippen MR) is 119 cm³/mol. The molecule has 0 spiro atoms. The number of carbonyl (C=O) groups excluding carboxylic acids is 1. The van der Waals surface area contributed by atoms with Crippen LogP contribution in [-0.2, 0) is 16.1 Å². The van der Waals surface area contributed by atoms with Crippen LogP contribution in [0.25, 0.3) is 16.6 Å². The van der Waals surface area contributed by atoms with Crippen LogP contribution in [0.5, 0.6) is 5.75 Å². The molecule has 164 valence electrons. The third-order valence-electron chi connectivity index (χ3n) is 5.77. The lowest BCUT2D eigenvalue weighted by Gasteiger charge is -2.26. The van der Waals surface area contributed by atoms with Gasteiger partial charge in [-0.15, -0.1) is 5.10 Å². The highest BCUT2D eigenvalue weighted by molar-refractivity contribution is 5.84. The van der Waals surface area contributed by atoms with Crippen LogP contribution in [0.1, 0.15) is 24.0 Å². The molecule has 8 nitrogen and oxygen atoms in total. The minimum Gasteiger partial charge on any atom is -0.484 e. The second-order valence-corrected chi connectivity index (χ2v) is 8.16. The van der Waals surface area contributed by atoms with Gasteiger partial charge in [0.05, 0.1) is 11.6 Å². The summed E-state index contributed by atoms with van der Waals surface area (Å²) >= 11 is 0. The Morgan fingerprint density at radius 1 is 1.22 bits per heavy atom. The van der Waals surface area contributed by atoms with E-state index in [2.05, 4.69) is 34.6 Å². The number of rotatable bonds is 7. The number of tetrazole rings is 1. The Hall–Kier alpha value is -3.52. The molecule has 0 aliphatic carbocycles. The highest BCUT2D eigenvalue weighted by Gasteiger charge is 2.24. The fourth-order valence-electron chi connectivity index (χ4n) is 4.15. The third kappa shape index (κ3) is 4.27. The van der Waals surface area contributed by atoms with E-state index < -0.39 is 0 Å². The summed E-state index contributed by atoms with van der Waals surface area (Å²) in [5.41, 5.74) is 3.62. The Labute approximate surface area is 185 Å². The molecular weight excluding hydrogens is 406 g/mol. The van der Waals surface area contributed by atoms with E-state index in [-0.39, 0.29) is 18.6 Å². The number of pyridine rings is 1. The van der Waals surface area contributed by atoms with Crippen LogP contribution >= 0.6 is 0 Å². The van der Waals surface area contributed by atoms with Crippen LogP contribution in [0, 0.1) is 6.92 Å². The van der Waals surface area contributed by atoms with E-state index >= 15 is 0 Å². The molecule has 1 saturated heterocycles. The molecule has 1 atom stereocenters. The van der Waals surface area contributed by atoms with Crippen LogP contribution in [0.15, 0.2) is 54.6 Å². The molecule has 8 heteroatoms. The third-order valence-corrected chi connectivity index (χ3v) is 5.77.